The monoisotopic (exact) mass is 552 g/mol. The lowest BCUT2D eigenvalue weighted by atomic mass is 10.1. The number of hydrogen-bond donors (Lipinski definition) is 0. The van der Waals surface area contributed by atoms with Crippen molar-refractivity contribution in [3.05, 3.63) is 104 Å². The van der Waals surface area contributed by atoms with E-state index in [-0.39, 0.29) is 0 Å². The van der Waals surface area contributed by atoms with Crippen molar-refractivity contribution in [1.82, 2.24) is 19.7 Å². The third-order valence-corrected chi connectivity index (χ3v) is 8.46. The summed E-state index contributed by atoms with van der Waals surface area (Å²) in [4.78, 5) is 6.15. The second-order valence-electron chi connectivity index (χ2n) is 7.49. The van der Waals surface area contributed by atoms with Gasteiger partial charge in [-0.05, 0) is 35.6 Å². The molecule has 0 aliphatic rings. The van der Waals surface area contributed by atoms with Crippen LogP contribution in [0.5, 0.6) is 0 Å². The molecule has 2 aromatic carbocycles. The quantitative estimate of drug-likeness (QED) is 0.179. The maximum Gasteiger partial charge on any atom is 0.191 e. The van der Waals surface area contributed by atoms with E-state index in [0.29, 0.717) is 0 Å². The van der Waals surface area contributed by atoms with Gasteiger partial charge in [0.2, 0.25) is 0 Å². The average Bonchev–Trinajstić information content (AvgIpc) is 3.59. The van der Waals surface area contributed by atoms with E-state index < -0.39 is 0 Å². The van der Waals surface area contributed by atoms with Crippen LogP contribution in [0.3, 0.4) is 0 Å². The summed E-state index contributed by atoms with van der Waals surface area (Å²) in [5.74, 6) is 1.79. The normalized spacial score (nSPS) is 11.2. The van der Waals surface area contributed by atoms with Crippen molar-refractivity contribution in [1.29, 1.82) is 0 Å². The number of thiazole rings is 1. The molecule has 0 aliphatic carbocycles. The number of nitrogens with zero attached hydrogens (tertiary/aromatic N) is 4. The van der Waals surface area contributed by atoms with Gasteiger partial charge in [-0.15, -0.1) is 32.9 Å². The van der Waals surface area contributed by atoms with Crippen LogP contribution in [0.4, 0.5) is 0 Å². The van der Waals surface area contributed by atoms with E-state index in [9.17, 15) is 0 Å². The molecule has 0 saturated carbocycles. The molecule has 8 heteroatoms. The SMILES string of the molecule is Brc1cccc(-c2nc(CSc3nnc(Cc4cccs4)n3CCc3ccccc3)cs2)c1. The highest BCUT2D eigenvalue weighted by atomic mass is 79.9. The smallest absolute Gasteiger partial charge is 0.191 e. The van der Waals surface area contributed by atoms with Gasteiger partial charge in [-0.25, -0.2) is 4.98 Å². The first-order valence-corrected chi connectivity index (χ1v) is 14.1. The molecule has 0 bridgehead atoms. The molecule has 0 unspecified atom stereocenters. The summed E-state index contributed by atoms with van der Waals surface area (Å²) < 4.78 is 3.34. The molecule has 0 atom stereocenters. The van der Waals surface area contributed by atoms with Gasteiger partial charge in [0.25, 0.3) is 0 Å². The number of benzene rings is 2. The summed E-state index contributed by atoms with van der Waals surface area (Å²) in [6.07, 6.45) is 1.76. The van der Waals surface area contributed by atoms with E-state index in [4.69, 9.17) is 4.98 Å². The van der Waals surface area contributed by atoms with Crippen molar-refractivity contribution in [2.75, 3.05) is 0 Å². The number of thiophene rings is 1. The molecular weight excluding hydrogens is 532 g/mol. The van der Waals surface area contributed by atoms with Crippen LogP contribution in [0.1, 0.15) is 22.0 Å². The number of aryl methyl sites for hydroxylation is 1. The molecule has 5 aromatic rings. The van der Waals surface area contributed by atoms with Crippen molar-refractivity contribution >= 4 is 50.4 Å². The van der Waals surface area contributed by atoms with Crippen molar-refractivity contribution in [3.8, 4) is 10.6 Å². The molecule has 0 saturated heterocycles. The van der Waals surface area contributed by atoms with Gasteiger partial charge < -0.3 is 4.57 Å². The van der Waals surface area contributed by atoms with Gasteiger partial charge in [-0.1, -0.05) is 76.2 Å². The molecule has 5 rings (SSSR count). The predicted molar refractivity (Wildman–Crippen MR) is 142 cm³/mol. The number of aromatic nitrogens is 4. The van der Waals surface area contributed by atoms with Gasteiger partial charge in [0, 0.05) is 39.0 Å². The molecule has 0 N–H and O–H groups in total. The predicted octanol–water partition coefficient (Wildman–Crippen LogP) is 7.35. The lowest BCUT2D eigenvalue weighted by Gasteiger charge is -2.10. The van der Waals surface area contributed by atoms with Gasteiger partial charge in [-0.2, -0.15) is 0 Å². The largest absolute Gasteiger partial charge is 0.305 e. The van der Waals surface area contributed by atoms with Crippen LogP contribution < -0.4 is 0 Å². The highest BCUT2D eigenvalue weighted by molar-refractivity contribution is 9.10. The third kappa shape index (κ3) is 5.81. The van der Waals surface area contributed by atoms with Gasteiger partial charge >= 0.3 is 0 Å². The third-order valence-electron chi connectivity index (χ3n) is 5.15. The zero-order valence-electron chi connectivity index (χ0n) is 17.7. The number of hydrogen-bond acceptors (Lipinski definition) is 6. The van der Waals surface area contributed by atoms with Crippen LogP contribution in [0.2, 0.25) is 0 Å². The highest BCUT2D eigenvalue weighted by Gasteiger charge is 2.15. The highest BCUT2D eigenvalue weighted by Crippen LogP contribution is 2.29. The summed E-state index contributed by atoms with van der Waals surface area (Å²) in [6, 6.07) is 23.1. The van der Waals surface area contributed by atoms with E-state index in [1.165, 1.54) is 10.4 Å². The molecule has 33 heavy (non-hydrogen) atoms. The van der Waals surface area contributed by atoms with Gasteiger partial charge in [0.15, 0.2) is 5.16 Å². The molecule has 4 nitrogen and oxygen atoms in total. The lowest BCUT2D eigenvalue weighted by molar-refractivity contribution is 0.610. The van der Waals surface area contributed by atoms with E-state index in [1.807, 2.05) is 12.1 Å². The number of halogens is 1. The minimum absolute atomic E-state index is 0.771. The zero-order chi connectivity index (χ0) is 22.5. The number of rotatable bonds is 9. The molecule has 0 fully saturated rings. The Morgan fingerprint density at radius 1 is 0.939 bits per heavy atom. The summed E-state index contributed by atoms with van der Waals surface area (Å²) in [6.45, 7) is 0.862. The van der Waals surface area contributed by atoms with E-state index in [2.05, 4.69) is 96.1 Å². The molecule has 3 aromatic heterocycles. The first-order valence-electron chi connectivity index (χ1n) is 10.6. The van der Waals surface area contributed by atoms with E-state index >= 15 is 0 Å². The molecule has 0 amide bonds. The Balaban J connectivity index is 1.32. The molecule has 166 valence electrons. The number of thioether (sulfide) groups is 1. The maximum atomic E-state index is 4.85. The van der Waals surface area contributed by atoms with Gasteiger partial charge in [0.1, 0.15) is 10.8 Å². The topological polar surface area (TPSA) is 43.6 Å². The summed E-state index contributed by atoms with van der Waals surface area (Å²) in [5.41, 5.74) is 3.52. The van der Waals surface area contributed by atoms with Gasteiger partial charge in [0.05, 0.1) is 5.69 Å². The average molecular weight is 554 g/mol. The standard InChI is InChI=1S/C25H21BrN4S3/c26-20-9-4-8-19(14-20)24-27-21(16-32-24)17-33-25-29-28-23(15-22-10-5-13-31-22)30(25)12-11-18-6-2-1-3-7-18/h1-10,13-14,16H,11-12,15,17H2. The molecular formula is C25H21BrN4S3. The lowest BCUT2D eigenvalue weighted by Crippen LogP contribution is -2.08. The molecule has 0 radical (unpaired) electrons. The fourth-order valence-corrected chi connectivity index (χ4v) is 6.40. The first-order chi connectivity index (χ1) is 16.2. The summed E-state index contributed by atoms with van der Waals surface area (Å²) in [7, 11) is 0. The van der Waals surface area contributed by atoms with Crippen LogP contribution in [0.25, 0.3) is 10.6 Å². The van der Waals surface area contributed by atoms with Crippen molar-refractivity contribution in [2.24, 2.45) is 0 Å². The Morgan fingerprint density at radius 2 is 1.85 bits per heavy atom. The van der Waals surface area contributed by atoms with Crippen LogP contribution in [-0.2, 0) is 25.1 Å². The van der Waals surface area contributed by atoms with Crippen LogP contribution in [-0.4, -0.2) is 19.7 Å². The minimum Gasteiger partial charge on any atom is -0.305 e. The van der Waals surface area contributed by atoms with Crippen molar-refractivity contribution < 1.29 is 0 Å². The summed E-state index contributed by atoms with van der Waals surface area (Å²) >= 11 is 8.70. The Labute approximate surface area is 213 Å². The molecule has 3 heterocycles. The maximum absolute atomic E-state index is 4.85. The first kappa shape index (κ1) is 22.5. The van der Waals surface area contributed by atoms with Gasteiger partial charge in [-0.3, -0.25) is 0 Å². The van der Waals surface area contributed by atoms with Crippen LogP contribution in [0, 0.1) is 0 Å². The Bertz CT molecular complexity index is 1310. The molecule has 0 spiro atoms. The van der Waals surface area contributed by atoms with E-state index in [0.717, 1.165) is 56.9 Å². The van der Waals surface area contributed by atoms with Crippen molar-refractivity contribution in [3.63, 3.8) is 0 Å². The second-order valence-corrected chi connectivity index (χ2v) is 11.2. The summed E-state index contributed by atoms with van der Waals surface area (Å²) in [5, 5.41) is 15.3. The molecule has 0 aliphatic heterocycles. The van der Waals surface area contributed by atoms with Crippen LogP contribution >= 0.6 is 50.4 Å². The minimum atomic E-state index is 0.771. The van der Waals surface area contributed by atoms with Crippen LogP contribution in [0.15, 0.2) is 87.1 Å². The Kier molecular flexibility index (Phi) is 7.36. The fraction of sp³-hybridized carbons (Fsp3) is 0.160. The zero-order valence-corrected chi connectivity index (χ0v) is 21.8. The Hall–Kier alpha value is -2.26. The fourth-order valence-electron chi connectivity index (χ4n) is 3.50. The van der Waals surface area contributed by atoms with Crippen molar-refractivity contribution in [2.45, 2.75) is 30.3 Å². The second kappa shape index (κ2) is 10.8. The van der Waals surface area contributed by atoms with E-state index in [1.54, 1.807) is 34.4 Å². The Morgan fingerprint density at radius 3 is 2.67 bits per heavy atom.